The van der Waals surface area contributed by atoms with Gasteiger partial charge < -0.3 is 19.1 Å². The van der Waals surface area contributed by atoms with Gasteiger partial charge in [-0.15, -0.1) is 0 Å². The zero-order valence-electron chi connectivity index (χ0n) is 17.5. The Balaban J connectivity index is 1.72. The second kappa shape index (κ2) is 7.80. The molecule has 4 rings (SSSR count). The number of ether oxygens (including phenoxy) is 3. The van der Waals surface area contributed by atoms with E-state index in [-0.39, 0.29) is 12.5 Å². The van der Waals surface area contributed by atoms with E-state index < -0.39 is 23.7 Å². The van der Waals surface area contributed by atoms with Crippen molar-refractivity contribution in [2.24, 2.45) is 0 Å². The fourth-order valence-electron chi connectivity index (χ4n) is 3.99. The van der Waals surface area contributed by atoms with Crippen molar-refractivity contribution in [2.75, 3.05) is 6.54 Å². The molecule has 2 aliphatic heterocycles. The molecule has 0 radical (unpaired) electrons. The Morgan fingerprint density at radius 3 is 2.65 bits per heavy atom. The molecule has 0 aromatic heterocycles. The number of nitrogens with zero attached hydrogens (tertiary/aromatic N) is 2. The quantitative estimate of drug-likeness (QED) is 0.706. The van der Waals surface area contributed by atoms with Gasteiger partial charge in [0.25, 0.3) is 5.91 Å². The highest BCUT2D eigenvalue weighted by Crippen LogP contribution is 2.45. The predicted molar refractivity (Wildman–Crippen MR) is 111 cm³/mol. The van der Waals surface area contributed by atoms with Crippen molar-refractivity contribution in [2.45, 2.75) is 38.5 Å². The number of benzene rings is 2. The lowest BCUT2D eigenvalue weighted by Gasteiger charge is -2.46. The van der Waals surface area contributed by atoms with Gasteiger partial charge in [-0.25, -0.2) is 0 Å². The summed E-state index contributed by atoms with van der Waals surface area (Å²) in [4.78, 5) is 26.5. The lowest BCUT2D eigenvalue weighted by molar-refractivity contribution is -0.171. The fraction of sp³-hybridized carbons (Fsp3) is 0.292. The summed E-state index contributed by atoms with van der Waals surface area (Å²) in [5.74, 6) is 0.910. The molecule has 2 atom stereocenters. The third-order valence-corrected chi connectivity index (χ3v) is 5.32. The molecule has 0 saturated heterocycles. The summed E-state index contributed by atoms with van der Waals surface area (Å²) in [6.45, 7) is 5.14. The smallest absolute Gasteiger partial charge is 0.303 e. The van der Waals surface area contributed by atoms with Crippen molar-refractivity contribution >= 4 is 11.9 Å². The number of carbonyl (C=O) groups excluding carboxylic acids is 2. The number of esters is 1. The van der Waals surface area contributed by atoms with Crippen LogP contribution in [0.25, 0.3) is 0 Å². The minimum Gasteiger partial charge on any atom is -0.484 e. The highest BCUT2D eigenvalue weighted by Gasteiger charge is 2.50. The van der Waals surface area contributed by atoms with Crippen LogP contribution in [0.5, 0.6) is 11.5 Å². The first-order valence-corrected chi connectivity index (χ1v) is 9.93. The molecule has 2 aliphatic rings. The van der Waals surface area contributed by atoms with Gasteiger partial charge in [-0.1, -0.05) is 18.2 Å². The van der Waals surface area contributed by atoms with Crippen molar-refractivity contribution in [3.05, 3.63) is 71.5 Å². The van der Waals surface area contributed by atoms with Gasteiger partial charge in [-0.05, 0) is 44.2 Å². The minimum atomic E-state index is -0.902. The molecule has 0 bridgehead atoms. The molecule has 158 valence electrons. The molecule has 7 nitrogen and oxygen atoms in total. The summed E-state index contributed by atoms with van der Waals surface area (Å²) in [6, 6.07) is 15.7. The normalized spacial score (nSPS) is 21.4. The first-order chi connectivity index (χ1) is 14.8. The molecule has 0 aliphatic carbocycles. The van der Waals surface area contributed by atoms with E-state index in [1.54, 1.807) is 23.1 Å². The molecule has 2 heterocycles. The molecule has 0 unspecified atom stereocenters. The summed E-state index contributed by atoms with van der Waals surface area (Å²) in [5, 5.41) is 9.38. The molecule has 2 aromatic rings. The van der Waals surface area contributed by atoms with Gasteiger partial charge >= 0.3 is 5.97 Å². The lowest BCUT2D eigenvalue weighted by Crippen LogP contribution is -2.55. The van der Waals surface area contributed by atoms with E-state index in [1.165, 1.54) is 13.0 Å². The first-order valence-electron chi connectivity index (χ1n) is 9.93. The van der Waals surface area contributed by atoms with Gasteiger partial charge in [-0.2, -0.15) is 5.26 Å². The average molecular weight is 418 g/mol. The second-order valence-corrected chi connectivity index (χ2v) is 8.04. The zero-order valence-corrected chi connectivity index (χ0v) is 17.5. The van der Waals surface area contributed by atoms with E-state index in [4.69, 9.17) is 14.2 Å². The van der Waals surface area contributed by atoms with Crippen LogP contribution in [-0.4, -0.2) is 35.0 Å². The Morgan fingerprint density at radius 2 is 1.97 bits per heavy atom. The number of nitriles is 1. The van der Waals surface area contributed by atoms with Crippen LogP contribution in [0.2, 0.25) is 0 Å². The maximum absolute atomic E-state index is 13.0. The van der Waals surface area contributed by atoms with Crippen LogP contribution in [0.4, 0.5) is 0 Å². The van der Waals surface area contributed by atoms with Gasteiger partial charge in [0.2, 0.25) is 0 Å². The molecular formula is C24H22N2O5. The van der Waals surface area contributed by atoms with E-state index in [0.717, 1.165) is 0 Å². The Morgan fingerprint density at radius 1 is 1.23 bits per heavy atom. The molecule has 0 spiro atoms. The Labute approximate surface area is 180 Å². The van der Waals surface area contributed by atoms with Crippen molar-refractivity contribution < 1.29 is 23.8 Å². The SMILES string of the molecule is CC(=O)O[C@H]1[C@H](N2CC(Oc3ccccc3)=CC2=O)c2cc(C#N)ccc2OC1(C)C. The number of rotatable bonds is 4. The van der Waals surface area contributed by atoms with Gasteiger partial charge in [0.05, 0.1) is 18.2 Å². The van der Waals surface area contributed by atoms with Gasteiger partial charge in [-0.3, -0.25) is 9.59 Å². The maximum atomic E-state index is 13.0. The molecule has 31 heavy (non-hydrogen) atoms. The minimum absolute atomic E-state index is 0.197. The molecule has 7 heteroatoms. The number of fused-ring (bicyclic) bond motifs is 1. The number of hydrogen-bond donors (Lipinski definition) is 0. The largest absolute Gasteiger partial charge is 0.484 e. The maximum Gasteiger partial charge on any atom is 0.303 e. The van der Waals surface area contributed by atoms with Crippen molar-refractivity contribution in [1.82, 2.24) is 4.90 Å². The Kier molecular flexibility index (Phi) is 5.15. The zero-order chi connectivity index (χ0) is 22.2. The summed E-state index contributed by atoms with van der Waals surface area (Å²) in [6.07, 6.45) is 0.661. The average Bonchev–Trinajstić information content (AvgIpc) is 3.08. The molecule has 0 N–H and O–H groups in total. The van der Waals surface area contributed by atoms with Crippen LogP contribution in [-0.2, 0) is 14.3 Å². The monoisotopic (exact) mass is 418 g/mol. The van der Waals surface area contributed by atoms with E-state index in [0.29, 0.717) is 28.4 Å². The third-order valence-electron chi connectivity index (χ3n) is 5.32. The molecule has 0 saturated carbocycles. The molecular weight excluding hydrogens is 396 g/mol. The van der Waals surface area contributed by atoms with E-state index in [9.17, 15) is 14.9 Å². The van der Waals surface area contributed by atoms with E-state index in [2.05, 4.69) is 6.07 Å². The molecule has 0 fully saturated rings. The van der Waals surface area contributed by atoms with E-state index >= 15 is 0 Å². The Hall–Kier alpha value is -3.79. The van der Waals surface area contributed by atoms with Crippen molar-refractivity contribution in [3.63, 3.8) is 0 Å². The summed E-state index contributed by atoms with van der Waals surface area (Å²) in [5.41, 5.74) is 0.141. The fourth-order valence-corrected chi connectivity index (χ4v) is 3.99. The standard InChI is InChI=1S/C24H22N2O5/c1-15(27)29-23-22(19-11-16(13-25)9-10-20(19)31-24(23,2)3)26-14-18(12-21(26)28)30-17-7-5-4-6-8-17/h4-12,22-23H,14H2,1-3H3/t22-,23+/m1/s1. The summed E-state index contributed by atoms with van der Waals surface area (Å²) in [7, 11) is 0. The van der Waals surface area contributed by atoms with Gasteiger partial charge in [0.1, 0.15) is 28.9 Å². The van der Waals surface area contributed by atoms with Gasteiger partial charge in [0.15, 0.2) is 6.10 Å². The van der Waals surface area contributed by atoms with E-state index in [1.807, 2.05) is 44.2 Å². The van der Waals surface area contributed by atoms with Crippen LogP contribution < -0.4 is 9.47 Å². The van der Waals surface area contributed by atoms with Gasteiger partial charge in [0, 0.05) is 18.6 Å². The molecule has 2 aromatic carbocycles. The number of para-hydroxylation sites is 1. The second-order valence-electron chi connectivity index (χ2n) is 8.04. The van der Waals surface area contributed by atoms with Crippen LogP contribution in [0.15, 0.2) is 60.4 Å². The van der Waals surface area contributed by atoms with Crippen LogP contribution in [0.1, 0.15) is 37.9 Å². The highest BCUT2D eigenvalue weighted by atomic mass is 16.6. The molecule has 1 amide bonds. The predicted octanol–water partition coefficient (Wildman–Crippen LogP) is 3.51. The number of hydrogen-bond acceptors (Lipinski definition) is 6. The topological polar surface area (TPSA) is 88.9 Å². The summed E-state index contributed by atoms with van der Waals surface area (Å²) < 4.78 is 17.6. The lowest BCUT2D eigenvalue weighted by atomic mass is 9.84. The first kappa shape index (κ1) is 20.5. The number of amides is 1. The van der Waals surface area contributed by atoms with Crippen LogP contribution in [0.3, 0.4) is 0 Å². The summed E-state index contributed by atoms with van der Waals surface area (Å²) >= 11 is 0. The van der Waals surface area contributed by atoms with Crippen LogP contribution in [0, 0.1) is 11.3 Å². The Bertz CT molecular complexity index is 1100. The highest BCUT2D eigenvalue weighted by molar-refractivity contribution is 5.91. The number of carbonyl (C=O) groups is 2. The van der Waals surface area contributed by atoms with Crippen molar-refractivity contribution in [3.8, 4) is 17.6 Å². The third kappa shape index (κ3) is 3.97. The van der Waals surface area contributed by atoms with Crippen molar-refractivity contribution in [1.29, 1.82) is 5.26 Å². The van der Waals surface area contributed by atoms with Crippen LogP contribution >= 0.6 is 0 Å².